The molecule has 1 spiro atoms. The highest BCUT2D eigenvalue weighted by Crippen LogP contribution is 2.59. The number of hydrogen-bond acceptors (Lipinski definition) is 6. The number of ether oxygens (including phenoxy) is 2. The topological polar surface area (TPSA) is 84.9 Å². The van der Waals surface area contributed by atoms with Crippen molar-refractivity contribution in [1.29, 1.82) is 0 Å². The van der Waals surface area contributed by atoms with E-state index in [1.54, 1.807) is 24.3 Å². The average molecular weight is 571 g/mol. The summed E-state index contributed by atoms with van der Waals surface area (Å²) >= 11 is 6.36. The van der Waals surface area contributed by atoms with Gasteiger partial charge in [-0.2, -0.15) is 0 Å². The molecule has 210 valence electrons. The van der Waals surface area contributed by atoms with Crippen molar-refractivity contribution in [3.8, 4) is 11.5 Å². The number of nitrogens with zero attached hydrogens (tertiary/aromatic N) is 1. The Kier molecular flexibility index (Phi) is 6.27. The lowest BCUT2D eigenvalue weighted by atomic mass is 9.63. The second kappa shape index (κ2) is 9.48. The predicted molar refractivity (Wildman–Crippen MR) is 159 cm³/mol. The minimum atomic E-state index is -1.40. The van der Waals surface area contributed by atoms with Crippen LogP contribution in [0.15, 0.2) is 66.7 Å². The van der Waals surface area contributed by atoms with Crippen LogP contribution in [0.25, 0.3) is 6.08 Å². The molecule has 8 heteroatoms. The summed E-state index contributed by atoms with van der Waals surface area (Å²) < 4.78 is 11.1. The first-order valence-electron chi connectivity index (χ1n) is 13.5. The Morgan fingerprint density at radius 1 is 1.00 bits per heavy atom. The molecule has 3 aromatic rings. The molecule has 1 amide bonds. The van der Waals surface area contributed by atoms with Gasteiger partial charge in [0.05, 0.1) is 31.7 Å². The van der Waals surface area contributed by atoms with E-state index in [-0.39, 0.29) is 23.0 Å². The van der Waals surface area contributed by atoms with Crippen LogP contribution in [0.3, 0.4) is 0 Å². The lowest BCUT2D eigenvalue weighted by molar-refractivity contribution is -0.128. The first-order valence-corrected chi connectivity index (χ1v) is 13.9. The molecule has 3 heterocycles. The Labute approximate surface area is 244 Å². The standard InChI is InChI=1S/C33H31ClN2O5/c1-32(2,3)30(38)28-27(29(37)21-17-20(40-4)12-14-25(21)41-5)33(22-8-6-7-9-23(22)35-31(33)39)26-15-10-18-16-19(34)11-13-24(18)36(26)28/h6-17,26-28H,1-5H3,(H,35,39)/t26-,27-,28+,33-/m1/s1. The Morgan fingerprint density at radius 2 is 1.76 bits per heavy atom. The van der Waals surface area contributed by atoms with E-state index in [4.69, 9.17) is 21.1 Å². The summed E-state index contributed by atoms with van der Waals surface area (Å²) in [5.41, 5.74) is 0.906. The minimum absolute atomic E-state index is 0.145. The molecule has 0 saturated carbocycles. The summed E-state index contributed by atoms with van der Waals surface area (Å²) in [5, 5.41) is 3.59. The number of rotatable bonds is 5. The zero-order valence-electron chi connectivity index (χ0n) is 23.5. The molecule has 1 saturated heterocycles. The number of benzene rings is 3. The van der Waals surface area contributed by atoms with E-state index in [0.717, 1.165) is 11.3 Å². The van der Waals surface area contributed by atoms with Gasteiger partial charge in [-0.1, -0.05) is 62.7 Å². The number of halogens is 1. The van der Waals surface area contributed by atoms with Gasteiger partial charge in [-0.15, -0.1) is 0 Å². The molecule has 3 aliphatic heterocycles. The number of ketones is 2. The van der Waals surface area contributed by atoms with Crippen LogP contribution in [0, 0.1) is 11.3 Å². The molecule has 3 aromatic carbocycles. The summed E-state index contributed by atoms with van der Waals surface area (Å²) in [7, 11) is 3.01. The fraction of sp³-hybridized carbons (Fsp3) is 0.303. The average Bonchev–Trinajstić information content (AvgIpc) is 3.43. The molecular weight excluding hydrogens is 540 g/mol. The third kappa shape index (κ3) is 3.82. The number of Topliss-reactive ketones (excluding diaryl/α,β-unsaturated/α-hetero) is 2. The highest BCUT2D eigenvalue weighted by molar-refractivity contribution is 6.31. The molecule has 41 heavy (non-hydrogen) atoms. The molecular formula is C33H31ClN2O5. The molecule has 1 N–H and O–H groups in total. The fourth-order valence-electron chi connectivity index (χ4n) is 6.77. The molecule has 7 nitrogen and oxygen atoms in total. The smallest absolute Gasteiger partial charge is 0.238 e. The number of anilines is 2. The van der Waals surface area contributed by atoms with Crippen LogP contribution in [0.2, 0.25) is 5.02 Å². The van der Waals surface area contributed by atoms with Crippen molar-refractivity contribution in [2.45, 2.75) is 38.3 Å². The molecule has 0 unspecified atom stereocenters. The maximum Gasteiger partial charge on any atom is 0.238 e. The van der Waals surface area contributed by atoms with Gasteiger partial charge in [0.2, 0.25) is 5.91 Å². The normalized spacial score (nSPS) is 24.0. The molecule has 3 aliphatic rings. The highest BCUT2D eigenvalue weighted by Gasteiger charge is 2.71. The van der Waals surface area contributed by atoms with E-state index in [1.807, 2.05) is 74.2 Å². The minimum Gasteiger partial charge on any atom is -0.497 e. The van der Waals surface area contributed by atoms with E-state index >= 15 is 4.79 Å². The molecule has 0 aliphatic carbocycles. The number of hydrogen-bond donors (Lipinski definition) is 1. The van der Waals surface area contributed by atoms with Crippen LogP contribution < -0.4 is 19.7 Å². The summed E-state index contributed by atoms with van der Waals surface area (Å²) in [6.45, 7) is 5.52. The van der Waals surface area contributed by atoms with Gasteiger partial charge in [0.25, 0.3) is 0 Å². The third-order valence-electron chi connectivity index (χ3n) is 8.56. The van der Waals surface area contributed by atoms with Crippen LogP contribution in [0.5, 0.6) is 11.5 Å². The summed E-state index contributed by atoms with van der Waals surface area (Å²) in [6.07, 6.45) is 3.86. The van der Waals surface area contributed by atoms with Gasteiger partial charge >= 0.3 is 0 Å². The Hall–Kier alpha value is -4.10. The van der Waals surface area contributed by atoms with E-state index in [2.05, 4.69) is 5.32 Å². The number of carbonyl (C=O) groups excluding carboxylic acids is 3. The van der Waals surface area contributed by atoms with Crippen LogP contribution in [-0.2, 0) is 15.0 Å². The van der Waals surface area contributed by atoms with Crippen LogP contribution in [0.1, 0.15) is 42.3 Å². The fourth-order valence-corrected chi connectivity index (χ4v) is 6.95. The lowest BCUT2D eigenvalue weighted by Crippen LogP contribution is -2.51. The number of para-hydroxylation sites is 1. The zero-order chi connectivity index (χ0) is 29.3. The van der Waals surface area contributed by atoms with Gasteiger partial charge in [0.1, 0.15) is 23.0 Å². The van der Waals surface area contributed by atoms with Gasteiger partial charge in [-0.05, 0) is 53.6 Å². The van der Waals surface area contributed by atoms with Crippen molar-refractivity contribution >= 4 is 46.5 Å². The van der Waals surface area contributed by atoms with E-state index < -0.39 is 28.8 Å². The summed E-state index contributed by atoms with van der Waals surface area (Å²) in [6, 6.07) is 16.3. The zero-order valence-corrected chi connectivity index (χ0v) is 24.3. The second-order valence-electron chi connectivity index (χ2n) is 11.8. The third-order valence-corrected chi connectivity index (χ3v) is 8.79. The summed E-state index contributed by atoms with van der Waals surface area (Å²) in [5.74, 6) is -1.11. The number of methoxy groups -OCH3 is 2. The highest BCUT2D eigenvalue weighted by atomic mass is 35.5. The van der Waals surface area contributed by atoms with E-state index in [9.17, 15) is 9.59 Å². The van der Waals surface area contributed by atoms with Crippen molar-refractivity contribution < 1.29 is 23.9 Å². The lowest BCUT2D eigenvalue weighted by Gasteiger charge is -2.38. The first-order chi connectivity index (χ1) is 19.5. The molecule has 4 atom stereocenters. The predicted octanol–water partition coefficient (Wildman–Crippen LogP) is 5.95. The molecule has 6 rings (SSSR count). The van der Waals surface area contributed by atoms with Crippen LogP contribution in [-0.4, -0.2) is 43.8 Å². The first kappa shape index (κ1) is 27.1. The quantitative estimate of drug-likeness (QED) is 0.382. The van der Waals surface area contributed by atoms with Crippen molar-refractivity contribution in [3.05, 3.63) is 88.5 Å². The summed E-state index contributed by atoms with van der Waals surface area (Å²) in [4.78, 5) is 45.9. The second-order valence-corrected chi connectivity index (χ2v) is 12.2. The Morgan fingerprint density at radius 3 is 2.46 bits per heavy atom. The van der Waals surface area contributed by atoms with Crippen molar-refractivity contribution in [2.24, 2.45) is 11.3 Å². The number of carbonyl (C=O) groups is 3. The number of nitrogens with one attached hydrogen (secondary N) is 1. The SMILES string of the molecule is COc1ccc(OC)c(C(=O)[C@H]2[C@@H](C(=O)C(C)(C)C)N3c4ccc(Cl)cc4C=C[C@@H]3[C@@]23C(=O)Nc2ccccc23)c1. The van der Waals surface area contributed by atoms with E-state index in [0.29, 0.717) is 27.8 Å². The van der Waals surface area contributed by atoms with Gasteiger partial charge in [0, 0.05) is 21.8 Å². The molecule has 0 bridgehead atoms. The van der Waals surface area contributed by atoms with Gasteiger partial charge < -0.3 is 19.7 Å². The molecule has 0 aromatic heterocycles. The van der Waals surface area contributed by atoms with Crippen LogP contribution in [0.4, 0.5) is 11.4 Å². The van der Waals surface area contributed by atoms with E-state index in [1.165, 1.54) is 14.2 Å². The van der Waals surface area contributed by atoms with Gasteiger partial charge in [-0.3, -0.25) is 14.4 Å². The molecule has 1 fully saturated rings. The molecule has 0 radical (unpaired) electrons. The number of fused-ring (bicyclic) bond motifs is 6. The van der Waals surface area contributed by atoms with Crippen LogP contribution >= 0.6 is 11.6 Å². The largest absolute Gasteiger partial charge is 0.497 e. The maximum absolute atomic E-state index is 15.0. The Balaban J connectivity index is 1.70. The van der Waals surface area contributed by atoms with Crippen molar-refractivity contribution in [3.63, 3.8) is 0 Å². The van der Waals surface area contributed by atoms with Gasteiger partial charge in [-0.25, -0.2) is 0 Å². The number of amides is 1. The van der Waals surface area contributed by atoms with Crippen molar-refractivity contribution in [2.75, 3.05) is 24.4 Å². The maximum atomic E-state index is 15.0. The van der Waals surface area contributed by atoms with Gasteiger partial charge in [0.15, 0.2) is 11.6 Å². The Bertz CT molecular complexity index is 1640. The van der Waals surface area contributed by atoms with Crippen molar-refractivity contribution in [1.82, 2.24) is 0 Å². The monoisotopic (exact) mass is 570 g/mol.